The molecule has 0 heterocycles. The van der Waals surface area contributed by atoms with Crippen LogP contribution >= 0.6 is 15.9 Å². The molecule has 2 aromatic carbocycles. The molecule has 3 amide bonds. The van der Waals surface area contributed by atoms with Crippen molar-refractivity contribution in [2.45, 2.75) is 25.6 Å². The Hall–Kier alpha value is -2.68. The summed E-state index contributed by atoms with van der Waals surface area (Å²) in [5.41, 5.74) is 6.64. The number of urea groups is 1. The highest BCUT2D eigenvalue weighted by molar-refractivity contribution is 9.10. The molecule has 2 aromatic rings. The summed E-state index contributed by atoms with van der Waals surface area (Å²) in [5.74, 6) is -0.262. The van der Waals surface area contributed by atoms with E-state index in [1.165, 1.54) is 12.1 Å². The first-order valence-corrected chi connectivity index (χ1v) is 8.74. The number of alkyl halides is 2. The van der Waals surface area contributed by atoms with Crippen molar-refractivity contribution < 1.29 is 23.1 Å². The van der Waals surface area contributed by atoms with Crippen LogP contribution in [0, 0.1) is 0 Å². The molecule has 0 radical (unpaired) electrons. The Morgan fingerprint density at radius 2 is 1.85 bits per heavy atom. The van der Waals surface area contributed by atoms with Crippen molar-refractivity contribution in [1.82, 2.24) is 10.6 Å². The predicted octanol–water partition coefficient (Wildman–Crippen LogP) is 3.47. The summed E-state index contributed by atoms with van der Waals surface area (Å²) in [7, 11) is 0. The third-order valence-electron chi connectivity index (χ3n) is 3.60. The summed E-state index contributed by atoms with van der Waals surface area (Å²) in [6.45, 7) is -2.68. The first kappa shape index (κ1) is 20.6. The summed E-state index contributed by atoms with van der Waals surface area (Å²) in [6, 6.07) is 11.8. The number of carbonyl (C=O) groups excluding carboxylic acids is 2. The molecular formula is C18H18BrF2N3O3. The average molecular weight is 442 g/mol. The van der Waals surface area contributed by atoms with Crippen LogP contribution in [0.2, 0.25) is 0 Å². The Bertz CT molecular complexity index is 788. The largest absolute Gasteiger partial charge is 0.435 e. The lowest BCUT2D eigenvalue weighted by Gasteiger charge is -2.18. The first-order valence-electron chi connectivity index (χ1n) is 7.95. The van der Waals surface area contributed by atoms with Gasteiger partial charge < -0.3 is 21.1 Å². The summed E-state index contributed by atoms with van der Waals surface area (Å²) < 4.78 is 29.3. The van der Waals surface area contributed by atoms with E-state index < -0.39 is 18.7 Å². The van der Waals surface area contributed by atoms with Gasteiger partial charge in [0.2, 0.25) is 5.91 Å². The summed E-state index contributed by atoms with van der Waals surface area (Å²) >= 11 is 3.34. The first-order chi connectivity index (χ1) is 12.8. The van der Waals surface area contributed by atoms with Gasteiger partial charge in [0, 0.05) is 11.0 Å². The highest BCUT2D eigenvalue weighted by Crippen LogP contribution is 2.21. The van der Waals surface area contributed by atoms with E-state index in [0.717, 1.165) is 10.0 Å². The van der Waals surface area contributed by atoms with Crippen molar-refractivity contribution in [1.29, 1.82) is 0 Å². The topological polar surface area (TPSA) is 93.5 Å². The maximum atomic E-state index is 12.2. The van der Waals surface area contributed by atoms with Gasteiger partial charge in [0.1, 0.15) is 5.75 Å². The van der Waals surface area contributed by atoms with Crippen molar-refractivity contribution in [2.75, 3.05) is 0 Å². The second kappa shape index (κ2) is 9.86. The van der Waals surface area contributed by atoms with Gasteiger partial charge >= 0.3 is 12.6 Å². The number of nitrogens with two attached hydrogens (primary N) is 1. The number of nitrogens with one attached hydrogen (secondary N) is 2. The Morgan fingerprint density at radius 1 is 1.15 bits per heavy atom. The molecule has 0 aromatic heterocycles. The Kier molecular flexibility index (Phi) is 7.54. The minimum absolute atomic E-state index is 0.00797. The molecule has 2 rings (SSSR count). The van der Waals surface area contributed by atoms with Gasteiger partial charge in [-0.3, -0.25) is 4.79 Å². The Morgan fingerprint density at radius 3 is 2.44 bits per heavy atom. The Labute approximate surface area is 163 Å². The van der Waals surface area contributed by atoms with Crippen molar-refractivity contribution in [3.63, 3.8) is 0 Å². The van der Waals surface area contributed by atoms with Crippen LogP contribution in [-0.4, -0.2) is 18.5 Å². The zero-order chi connectivity index (χ0) is 19.8. The second-order valence-corrected chi connectivity index (χ2v) is 6.54. The zero-order valence-electron chi connectivity index (χ0n) is 14.1. The van der Waals surface area contributed by atoms with Gasteiger partial charge in [-0.1, -0.05) is 40.2 Å². The van der Waals surface area contributed by atoms with Crippen LogP contribution in [0.15, 0.2) is 53.0 Å². The highest BCUT2D eigenvalue weighted by atomic mass is 79.9. The van der Waals surface area contributed by atoms with E-state index >= 15 is 0 Å². The maximum Gasteiger partial charge on any atom is 0.387 e. The lowest BCUT2D eigenvalue weighted by Crippen LogP contribution is -2.36. The number of halogens is 3. The van der Waals surface area contributed by atoms with Crippen LogP contribution in [0.25, 0.3) is 0 Å². The number of hydrogen-bond donors (Lipinski definition) is 3. The predicted molar refractivity (Wildman–Crippen MR) is 99.1 cm³/mol. The number of primary amides is 1. The highest BCUT2D eigenvalue weighted by Gasteiger charge is 2.17. The van der Waals surface area contributed by atoms with Gasteiger partial charge in [-0.05, 0) is 35.4 Å². The standard InChI is InChI=1S/C18H18BrF2N3O3/c19-13-3-1-2-12(8-13)15(24-18(22)26)9-16(25)23-10-11-4-6-14(7-5-11)27-17(20)21/h1-8,15,17H,9-10H2,(H,23,25)(H3,22,24,26)/t15-/m0/s1. The minimum Gasteiger partial charge on any atom is -0.435 e. The molecule has 4 N–H and O–H groups in total. The Balaban J connectivity index is 1.94. The van der Waals surface area contributed by atoms with Crippen LogP contribution in [0.5, 0.6) is 5.75 Å². The molecule has 0 fully saturated rings. The fourth-order valence-corrected chi connectivity index (χ4v) is 2.81. The van der Waals surface area contributed by atoms with E-state index in [9.17, 15) is 18.4 Å². The van der Waals surface area contributed by atoms with Gasteiger partial charge in [0.15, 0.2) is 0 Å². The van der Waals surface area contributed by atoms with E-state index in [1.54, 1.807) is 30.3 Å². The maximum absolute atomic E-state index is 12.2. The smallest absolute Gasteiger partial charge is 0.387 e. The summed E-state index contributed by atoms with van der Waals surface area (Å²) in [6.07, 6.45) is -0.00797. The van der Waals surface area contributed by atoms with Crippen LogP contribution in [0.1, 0.15) is 23.6 Å². The molecule has 0 bridgehead atoms. The van der Waals surface area contributed by atoms with E-state index in [4.69, 9.17) is 5.73 Å². The van der Waals surface area contributed by atoms with Gasteiger partial charge in [-0.2, -0.15) is 8.78 Å². The third-order valence-corrected chi connectivity index (χ3v) is 4.09. The molecule has 0 unspecified atom stereocenters. The minimum atomic E-state index is -2.89. The van der Waals surface area contributed by atoms with E-state index in [-0.39, 0.29) is 24.6 Å². The van der Waals surface area contributed by atoms with Crippen molar-refractivity contribution in [3.8, 4) is 5.75 Å². The van der Waals surface area contributed by atoms with E-state index in [2.05, 4.69) is 31.3 Å². The zero-order valence-corrected chi connectivity index (χ0v) is 15.7. The van der Waals surface area contributed by atoms with Crippen molar-refractivity contribution in [2.24, 2.45) is 5.73 Å². The molecular weight excluding hydrogens is 424 g/mol. The van der Waals surface area contributed by atoms with Gasteiger partial charge in [-0.25, -0.2) is 4.79 Å². The lowest BCUT2D eigenvalue weighted by molar-refractivity contribution is -0.121. The van der Waals surface area contributed by atoms with Crippen LogP contribution < -0.4 is 21.1 Å². The SMILES string of the molecule is NC(=O)N[C@@H](CC(=O)NCc1ccc(OC(F)F)cc1)c1cccc(Br)c1. The van der Waals surface area contributed by atoms with Crippen molar-refractivity contribution in [3.05, 3.63) is 64.1 Å². The number of ether oxygens (including phenoxy) is 1. The molecule has 0 aliphatic carbocycles. The number of rotatable bonds is 8. The molecule has 144 valence electrons. The monoisotopic (exact) mass is 441 g/mol. The molecule has 0 saturated carbocycles. The molecule has 0 saturated heterocycles. The van der Waals surface area contributed by atoms with Crippen LogP contribution in [0.4, 0.5) is 13.6 Å². The second-order valence-electron chi connectivity index (χ2n) is 5.62. The normalized spacial score (nSPS) is 11.7. The lowest BCUT2D eigenvalue weighted by atomic mass is 10.0. The molecule has 27 heavy (non-hydrogen) atoms. The summed E-state index contributed by atoms with van der Waals surface area (Å²) in [5, 5.41) is 5.26. The molecule has 6 nitrogen and oxygen atoms in total. The molecule has 0 spiro atoms. The number of amides is 3. The quantitative estimate of drug-likeness (QED) is 0.585. The number of benzene rings is 2. The van der Waals surface area contributed by atoms with Crippen LogP contribution in [0.3, 0.4) is 0 Å². The van der Waals surface area contributed by atoms with Crippen LogP contribution in [-0.2, 0) is 11.3 Å². The summed E-state index contributed by atoms with van der Waals surface area (Å²) in [4.78, 5) is 23.5. The molecule has 1 atom stereocenters. The van der Waals surface area contributed by atoms with Gasteiger partial charge in [0.05, 0.1) is 12.5 Å². The number of hydrogen-bond acceptors (Lipinski definition) is 3. The van der Waals surface area contributed by atoms with Crippen molar-refractivity contribution >= 4 is 27.9 Å². The van der Waals surface area contributed by atoms with E-state index in [1.807, 2.05) is 6.07 Å². The average Bonchev–Trinajstić information content (AvgIpc) is 2.60. The fraction of sp³-hybridized carbons (Fsp3) is 0.222. The fourth-order valence-electron chi connectivity index (χ4n) is 2.39. The molecule has 0 aliphatic rings. The third kappa shape index (κ3) is 7.22. The van der Waals surface area contributed by atoms with E-state index in [0.29, 0.717) is 5.56 Å². The van der Waals surface area contributed by atoms with Gasteiger partial charge in [-0.15, -0.1) is 0 Å². The van der Waals surface area contributed by atoms with Gasteiger partial charge in [0.25, 0.3) is 0 Å². The molecule has 9 heteroatoms. The molecule has 0 aliphatic heterocycles. The number of carbonyl (C=O) groups is 2.